The van der Waals surface area contributed by atoms with Crippen molar-refractivity contribution >= 4 is 46.7 Å². The molecule has 1 aliphatic rings. The predicted octanol–water partition coefficient (Wildman–Crippen LogP) is 3.57. The number of hydrogen-bond acceptors (Lipinski definition) is 2. The number of thioether (sulfide) groups is 1. The fourth-order valence-corrected chi connectivity index (χ4v) is 2.96. The second kappa shape index (κ2) is 5.85. The van der Waals surface area contributed by atoms with Crippen molar-refractivity contribution in [3.63, 3.8) is 0 Å². The quantitative estimate of drug-likeness (QED) is 0.857. The molecule has 0 saturated carbocycles. The molecule has 3 nitrogen and oxygen atoms in total. The van der Waals surface area contributed by atoms with Crippen molar-refractivity contribution in [3.05, 3.63) is 28.2 Å². The fourth-order valence-electron chi connectivity index (χ4n) is 1.57. The standard InChI is InChI=1S/C11H12Cl2N2OS/c12-8-2-1-3-9(13)10(8)14-11(16)15-4-6-17-7-5-15/h1-3H,4-7H2,(H,14,16). The molecular formula is C11H12Cl2N2OS. The lowest BCUT2D eigenvalue weighted by Crippen LogP contribution is -2.40. The summed E-state index contributed by atoms with van der Waals surface area (Å²) in [4.78, 5) is 13.7. The van der Waals surface area contributed by atoms with E-state index in [2.05, 4.69) is 5.32 Å². The van der Waals surface area contributed by atoms with Gasteiger partial charge in [0.25, 0.3) is 0 Å². The Morgan fingerprint density at radius 1 is 1.24 bits per heavy atom. The van der Waals surface area contributed by atoms with Gasteiger partial charge in [-0.3, -0.25) is 0 Å². The van der Waals surface area contributed by atoms with Gasteiger partial charge in [-0.25, -0.2) is 4.79 Å². The maximum Gasteiger partial charge on any atom is 0.321 e. The van der Waals surface area contributed by atoms with Crippen LogP contribution in [-0.2, 0) is 0 Å². The zero-order valence-electron chi connectivity index (χ0n) is 9.08. The van der Waals surface area contributed by atoms with E-state index in [0.29, 0.717) is 15.7 Å². The van der Waals surface area contributed by atoms with E-state index in [-0.39, 0.29) is 6.03 Å². The first-order valence-corrected chi connectivity index (χ1v) is 7.17. The topological polar surface area (TPSA) is 32.3 Å². The number of para-hydroxylation sites is 1. The molecule has 0 atom stereocenters. The molecule has 6 heteroatoms. The first-order valence-electron chi connectivity index (χ1n) is 5.26. The van der Waals surface area contributed by atoms with Gasteiger partial charge < -0.3 is 10.2 Å². The number of anilines is 1. The Hall–Kier alpha value is -0.580. The number of nitrogens with one attached hydrogen (secondary N) is 1. The van der Waals surface area contributed by atoms with E-state index >= 15 is 0 Å². The van der Waals surface area contributed by atoms with Crippen LogP contribution in [-0.4, -0.2) is 35.5 Å². The van der Waals surface area contributed by atoms with E-state index in [9.17, 15) is 4.79 Å². The maximum absolute atomic E-state index is 12.0. The van der Waals surface area contributed by atoms with Crippen LogP contribution in [0.5, 0.6) is 0 Å². The summed E-state index contributed by atoms with van der Waals surface area (Å²) in [6, 6.07) is 5.02. The van der Waals surface area contributed by atoms with Gasteiger partial charge in [-0.15, -0.1) is 0 Å². The number of halogens is 2. The molecule has 92 valence electrons. The zero-order chi connectivity index (χ0) is 12.3. The minimum absolute atomic E-state index is 0.139. The van der Waals surface area contributed by atoms with E-state index in [1.54, 1.807) is 23.1 Å². The van der Waals surface area contributed by atoms with Gasteiger partial charge in [0.1, 0.15) is 0 Å². The minimum Gasteiger partial charge on any atom is -0.323 e. The van der Waals surface area contributed by atoms with Crippen LogP contribution < -0.4 is 5.32 Å². The van der Waals surface area contributed by atoms with Gasteiger partial charge in [0.15, 0.2) is 0 Å². The van der Waals surface area contributed by atoms with Crippen LogP contribution in [0.2, 0.25) is 10.0 Å². The second-order valence-corrected chi connectivity index (χ2v) is 5.67. The van der Waals surface area contributed by atoms with Crippen molar-refractivity contribution in [1.82, 2.24) is 4.90 Å². The van der Waals surface area contributed by atoms with Gasteiger partial charge in [-0.05, 0) is 12.1 Å². The highest BCUT2D eigenvalue weighted by atomic mass is 35.5. The number of carbonyl (C=O) groups excluding carboxylic acids is 1. The van der Waals surface area contributed by atoms with Crippen LogP contribution in [0.15, 0.2) is 18.2 Å². The fraction of sp³-hybridized carbons (Fsp3) is 0.364. The van der Waals surface area contributed by atoms with Crippen LogP contribution in [0.4, 0.5) is 10.5 Å². The lowest BCUT2D eigenvalue weighted by Gasteiger charge is -2.26. The van der Waals surface area contributed by atoms with Crippen LogP contribution in [0.1, 0.15) is 0 Å². The van der Waals surface area contributed by atoms with E-state index in [0.717, 1.165) is 24.6 Å². The number of benzene rings is 1. The lowest BCUT2D eigenvalue weighted by atomic mass is 10.3. The van der Waals surface area contributed by atoms with Crippen LogP contribution in [0.3, 0.4) is 0 Å². The molecule has 1 N–H and O–H groups in total. The third kappa shape index (κ3) is 3.21. The predicted molar refractivity (Wildman–Crippen MR) is 74.4 cm³/mol. The molecule has 1 fully saturated rings. The molecule has 1 aliphatic heterocycles. The molecule has 1 saturated heterocycles. The molecule has 0 unspecified atom stereocenters. The number of amides is 2. The number of urea groups is 1. The molecule has 17 heavy (non-hydrogen) atoms. The largest absolute Gasteiger partial charge is 0.323 e. The normalized spacial score (nSPS) is 15.8. The van der Waals surface area contributed by atoms with Crippen molar-refractivity contribution in [1.29, 1.82) is 0 Å². The summed E-state index contributed by atoms with van der Waals surface area (Å²) in [6.45, 7) is 1.52. The first-order chi connectivity index (χ1) is 8.18. The van der Waals surface area contributed by atoms with Crippen molar-refractivity contribution in [2.45, 2.75) is 0 Å². The van der Waals surface area contributed by atoms with Crippen LogP contribution in [0.25, 0.3) is 0 Å². The highest BCUT2D eigenvalue weighted by molar-refractivity contribution is 7.99. The molecule has 2 rings (SSSR count). The second-order valence-electron chi connectivity index (χ2n) is 3.63. The number of rotatable bonds is 1. The summed E-state index contributed by atoms with van der Waals surface area (Å²) in [5.74, 6) is 1.95. The van der Waals surface area contributed by atoms with Gasteiger partial charge >= 0.3 is 6.03 Å². The molecule has 1 aromatic carbocycles. The summed E-state index contributed by atoms with van der Waals surface area (Å²) in [5, 5.41) is 3.67. The smallest absolute Gasteiger partial charge is 0.321 e. The summed E-state index contributed by atoms with van der Waals surface area (Å²) in [6.07, 6.45) is 0. The molecule has 1 heterocycles. The van der Waals surface area contributed by atoms with Crippen molar-refractivity contribution in [2.24, 2.45) is 0 Å². The first kappa shape index (κ1) is 12.9. The summed E-state index contributed by atoms with van der Waals surface area (Å²) in [5.41, 5.74) is 0.485. The Morgan fingerprint density at radius 2 is 1.82 bits per heavy atom. The molecule has 0 spiro atoms. The van der Waals surface area contributed by atoms with Gasteiger partial charge in [0, 0.05) is 24.6 Å². The van der Waals surface area contributed by atoms with E-state index < -0.39 is 0 Å². The Morgan fingerprint density at radius 3 is 2.41 bits per heavy atom. The number of hydrogen-bond donors (Lipinski definition) is 1. The Labute approximate surface area is 114 Å². The Kier molecular flexibility index (Phi) is 4.42. The zero-order valence-corrected chi connectivity index (χ0v) is 11.4. The summed E-state index contributed by atoms with van der Waals surface area (Å²) in [7, 11) is 0. The van der Waals surface area contributed by atoms with Crippen molar-refractivity contribution < 1.29 is 4.79 Å². The minimum atomic E-state index is -0.139. The van der Waals surface area contributed by atoms with Gasteiger partial charge in [-0.1, -0.05) is 29.3 Å². The average molecular weight is 291 g/mol. The average Bonchev–Trinajstić information content (AvgIpc) is 2.35. The van der Waals surface area contributed by atoms with Crippen molar-refractivity contribution in [2.75, 3.05) is 29.9 Å². The van der Waals surface area contributed by atoms with Gasteiger partial charge in [0.05, 0.1) is 15.7 Å². The van der Waals surface area contributed by atoms with Gasteiger partial charge in [0.2, 0.25) is 0 Å². The third-order valence-electron chi connectivity index (χ3n) is 2.49. The highest BCUT2D eigenvalue weighted by Gasteiger charge is 2.18. The molecule has 0 bridgehead atoms. The monoisotopic (exact) mass is 290 g/mol. The Balaban J connectivity index is 2.07. The van der Waals surface area contributed by atoms with Crippen LogP contribution >= 0.6 is 35.0 Å². The molecule has 2 amide bonds. The summed E-state index contributed by atoms with van der Waals surface area (Å²) >= 11 is 13.8. The SMILES string of the molecule is O=C(Nc1c(Cl)cccc1Cl)N1CCSCC1. The molecule has 0 aromatic heterocycles. The lowest BCUT2D eigenvalue weighted by molar-refractivity contribution is 0.217. The van der Waals surface area contributed by atoms with E-state index in [1.165, 1.54) is 0 Å². The highest BCUT2D eigenvalue weighted by Crippen LogP contribution is 2.30. The molecule has 1 aromatic rings. The molecular weight excluding hydrogens is 279 g/mol. The third-order valence-corrected chi connectivity index (χ3v) is 4.07. The van der Waals surface area contributed by atoms with Crippen LogP contribution in [0, 0.1) is 0 Å². The van der Waals surface area contributed by atoms with E-state index in [4.69, 9.17) is 23.2 Å². The van der Waals surface area contributed by atoms with E-state index in [1.807, 2.05) is 11.8 Å². The maximum atomic E-state index is 12.0. The number of carbonyl (C=O) groups is 1. The molecule has 0 radical (unpaired) electrons. The Bertz CT molecular complexity index is 402. The van der Waals surface area contributed by atoms with Gasteiger partial charge in [-0.2, -0.15) is 11.8 Å². The molecule has 0 aliphatic carbocycles. The summed E-state index contributed by atoms with van der Waals surface area (Å²) < 4.78 is 0. The van der Waals surface area contributed by atoms with Crippen molar-refractivity contribution in [3.8, 4) is 0 Å². The number of nitrogens with zero attached hydrogens (tertiary/aromatic N) is 1.